The summed E-state index contributed by atoms with van der Waals surface area (Å²) in [5.41, 5.74) is 1.14. The number of hydrogen-bond donors (Lipinski definition) is 1. The number of anilines is 1. The minimum atomic E-state index is -0.528. The van der Waals surface area contributed by atoms with Crippen molar-refractivity contribution < 1.29 is 9.59 Å². The molecular weight excluding hydrogens is 453 g/mol. The van der Waals surface area contributed by atoms with Crippen LogP contribution in [0.2, 0.25) is 15.1 Å². The number of amidine groups is 1. The number of carbonyl (C=O) groups is 2. The average molecular weight is 469 g/mol. The smallest absolute Gasteiger partial charge is 0.242 e. The molecule has 1 N–H and O–H groups in total. The fourth-order valence-electron chi connectivity index (χ4n) is 2.96. The van der Waals surface area contributed by atoms with E-state index in [1.807, 2.05) is 30.3 Å². The summed E-state index contributed by atoms with van der Waals surface area (Å²) in [5.74, 6) is -0.407. The Morgan fingerprint density at radius 2 is 1.79 bits per heavy atom. The third-order valence-electron chi connectivity index (χ3n) is 4.51. The van der Waals surface area contributed by atoms with Crippen molar-refractivity contribution in [2.24, 2.45) is 4.99 Å². The van der Waals surface area contributed by atoms with Crippen LogP contribution in [0.4, 0.5) is 11.4 Å². The zero-order valence-corrected chi connectivity index (χ0v) is 18.2. The molecule has 0 aromatic heterocycles. The number of hydrogen-bond acceptors (Lipinski definition) is 4. The molecule has 1 heterocycles. The van der Waals surface area contributed by atoms with Crippen molar-refractivity contribution in [2.75, 3.05) is 5.32 Å². The number of benzene rings is 2. The van der Waals surface area contributed by atoms with Crippen LogP contribution in [0.3, 0.4) is 0 Å². The molecule has 5 nitrogen and oxygen atoms in total. The highest BCUT2D eigenvalue weighted by Crippen LogP contribution is 2.40. The summed E-state index contributed by atoms with van der Waals surface area (Å²) in [6.45, 7) is 0. The first-order chi connectivity index (χ1) is 13.9. The average Bonchev–Trinajstić information content (AvgIpc) is 3.47. The molecular formula is C20H16Cl3N3O2S. The number of thioether (sulfide) groups is 1. The molecule has 2 amide bonds. The second-order valence-corrected chi connectivity index (χ2v) is 9.17. The molecule has 0 radical (unpaired) electrons. The maximum atomic E-state index is 12.9. The second-order valence-electron chi connectivity index (χ2n) is 6.77. The highest BCUT2D eigenvalue weighted by atomic mass is 35.5. The zero-order valence-electron chi connectivity index (χ0n) is 15.1. The minimum Gasteiger partial charge on any atom is -0.325 e. The molecule has 1 unspecified atom stereocenters. The van der Waals surface area contributed by atoms with Crippen LogP contribution in [0.1, 0.15) is 19.3 Å². The molecule has 1 aliphatic carbocycles. The maximum Gasteiger partial charge on any atom is 0.242 e. The lowest BCUT2D eigenvalue weighted by Gasteiger charge is -2.15. The van der Waals surface area contributed by atoms with E-state index >= 15 is 0 Å². The van der Waals surface area contributed by atoms with Gasteiger partial charge in [0, 0.05) is 12.5 Å². The number of rotatable bonds is 5. The van der Waals surface area contributed by atoms with E-state index in [4.69, 9.17) is 34.8 Å². The number of aliphatic imine (C=N–C) groups is 1. The quantitative estimate of drug-likeness (QED) is 0.567. The van der Waals surface area contributed by atoms with Gasteiger partial charge in [-0.2, -0.15) is 0 Å². The summed E-state index contributed by atoms with van der Waals surface area (Å²) in [7, 11) is 0. The van der Waals surface area contributed by atoms with Gasteiger partial charge in [-0.25, -0.2) is 4.99 Å². The van der Waals surface area contributed by atoms with E-state index in [0.29, 0.717) is 15.9 Å². The minimum absolute atomic E-state index is 0.0110. The Labute approximate surface area is 187 Å². The van der Waals surface area contributed by atoms with Crippen molar-refractivity contribution in [3.63, 3.8) is 0 Å². The summed E-state index contributed by atoms with van der Waals surface area (Å²) in [6, 6.07) is 12.6. The predicted molar refractivity (Wildman–Crippen MR) is 120 cm³/mol. The van der Waals surface area contributed by atoms with Crippen LogP contribution in [0.15, 0.2) is 47.5 Å². The van der Waals surface area contributed by atoms with E-state index in [0.717, 1.165) is 18.5 Å². The lowest BCUT2D eigenvalue weighted by Crippen LogP contribution is -2.35. The van der Waals surface area contributed by atoms with Gasteiger partial charge in [0.25, 0.3) is 0 Å². The molecule has 29 heavy (non-hydrogen) atoms. The second kappa shape index (κ2) is 8.56. The number of halogens is 3. The van der Waals surface area contributed by atoms with Gasteiger partial charge < -0.3 is 5.32 Å². The Bertz CT molecular complexity index is 996. The Kier molecular flexibility index (Phi) is 6.06. The van der Waals surface area contributed by atoms with Crippen LogP contribution < -0.4 is 5.32 Å². The normalized spacial score (nSPS) is 20.4. The molecule has 4 rings (SSSR count). The standard InChI is InChI=1S/C20H16Cl3N3O2S/c21-13-8-15(23)16(9-14(13)22)25-18(27)10-17-19(28)26(12-6-7-12)20(29-17)24-11-4-2-1-3-5-11/h1-5,8-9,12,17H,6-7,10H2,(H,25,27). The first-order valence-corrected chi connectivity index (χ1v) is 11.0. The monoisotopic (exact) mass is 467 g/mol. The van der Waals surface area contributed by atoms with E-state index < -0.39 is 5.25 Å². The summed E-state index contributed by atoms with van der Waals surface area (Å²) in [4.78, 5) is 31.8. The molecule has 0 spiro atoms. The molecule has 2 aromatic carbocycles. The van der Waals surface area contributed by atoms with Crippen molar-refractivity contribution >= 4 is 74.9 Å². The van der Waals surface area contributed by atoms with E-state index in [-0.39, 0.29) is 34.3 Å². The van der Waals surface area contributed by atoms with Crippen LogP contribution in [0.25, 0.3) is 0 Å². The SMILES string of the molecule is O=C(CC1SC(=Nc2ccccc2)N(C2CC2)C1=O)Nc1cc(Cl)c(Cl)cc1Cl. The summed E-state index contributed by atoms with van der Waals surface area (Å²) >= 11 is 19.4. The fraction of sp³-hybridized carbons (Fsp3) is 0.250. The van der Waals surface area contributed by atoms with Gasteiger partial charge in [0.05, 0.1) is 26.4 Å². The topological polar surface area (TPSA) is 61.8 Å². The largest absolute Gasteiger partial charge is 0.325 e. The lowest BCUT2D eigenvalue weighted by molar-refractivity contribution is -0.128. The summed E-state index contributed by atoms with van der Waals surface area (Å²) in [6.07, 6.45) is 1.92. The summed E-state index contributed by atoms with van der Waals surface area (Å²) < 4.78 is 0. The molecule has 2 aliphatic rings. The van der Waals surface area contributed by atoms with Crippen molar-refractivity contribution in [2.45, 2.75) is 30.6 Å². The number of para-hydroxylation sites is 1. The Balaban J connectivity index is 1.49. The third kappa shape index (κ3) is 4.72. The van der Waals surface area contributed by atoms with Crippen LogP contribution >= 0.6 is 46.6 Å². The van der Waals surface area contributed by atoms with Crippen molar-refractivity contribution in [1.82, 2.24) is 4.90 Å². The van der Waals surface area contributed by atoms with Crippen molar-refractivity contribution in [1.29, 1.82) is 0 Å². The number of amides is 2. The van der Waals surface area contributed by atoms with Crippen LogP contribution in [0, 0.1) is 0 Å². The fourth-order valence-corrected chi connectivity index (χ4v) is 4.77. The van der Waals surface area contributed by atoms with E-state index in [2.05, 4.69) is 10.3 Å². The molecule has 2 aromatic rings. The molecule has 1 saturated heterocycles. The van der Waals surface area contributed by atoms with Gasteiger partial charge in [0.15, 0.2) is 5.17 Å². The number of nitrogens with zero attached hydrogens (tertiary/aromatic N) is 2. The highest BCUT2D eigenvalue weighted by Gasteiger charge is 2.46. The molecule has 150 valence electrons. The summed E-state index contributed by atoms with van der Waals surface area (Å²) in [5, 5.41) is 3.70. The van der Waals surface area contributed by atoms with Gasteiger partial charge in [0.2, 0.25) is 11.8 Å². The molecule has 1 atom stereocenters. The van der Waals surface area contributed by atoms with Gasteiger partial charge >= 0.3 is 0 Å². The first-order valence-electron chi connectivity index (χ1n) is 9.00. The van der Waals surface area contributed by atoms with E-state index in [9.17, 15) is 9.59 Å². The molecule has 1 aliphatic heterocycles. The molecule has 9 heteroatoms. The lowest BCUT2D eigenvalue weighted by atomic mass is 10.2. The Hall–Kier alpha value is -1.73. The van der Waals surface area contributed by atoms with Crippen molar-refractivity contribution in [3.8, 4) is 0 Å². The molecule has 1 saturated carbocycles. The van der Waals surface area contributed by atoms with Gasteiger partial charge in [-0.3, -0.25) is 14.5 Å². The zero-order chi connectivity index (χ0) is 20.5. The van der Waals surface area contributed by atoms with Gasteiger partial charge in [-0.05, 0) is 37.1 Å². The Morgan fingerprint density at radius 3 is 2.48 bits per heavy atom. The molecule has 2 fully saturated rings. The van der Waals surface area contributed by atoms with Gasteiger partial charge in [-0.1, -0.05) is 64.8 Å². The van der Waals surface area contributed by atoms with Crippen molar-refractivity contribution in [3.05, 3.63) is 57.5 Å². The van der Waals surface area contributed by atoms with Crippen LogP contribution in [-0.4, -0.2) is 33.2 Å². The van der Waals surface area contributed by atoms with E-state index in [1.165, 1.54) is 23.9 Å². The Morgan fingerprint density at radius 1 is 1.10 bits per heavy atom. The number of carbonyl (C=O) groups excluding carboxylic acids is 2. The van der Waals surface area contributed by atoms with Gasteiger partial charge in [-0.15, -0.1) is 0 Å². The first kappa shape index (κ1) is 20.5. The van der Waals surface area contributed by atoms with Crippen LogP contribution in [0.5, 0.6) is 0 Å². The van der Waals surface area contributed by atoms with Gasteiger partial charge in [0.1, 0.15) is 5.25 Å². The maximum absolute atomic E-state index is 12.9. The highest BCUT2D eigenvalue weighted by molar-refractivity contribution is 8.15. The van der Waals surface area contributed by atoms with E-state index in [1.54, 1.807) is 4.90 Å². The van der Waals surface area contributed by atoms with Crippen LogP contribution in [-0.2, 0) is 9.59 Å². The third-order valence-corrected chi connectivity index (χ3v) is 6.70. The molecule has 0 bridgehead atoms. The predicted octanol–water partition coefficient (Wildman–Crippen LogP) is 5.77. The number of nitrogens with one attached hydrogen (secondary N) is 1.